The normalized spacial score (nSPS) is 17.1. The fourth-order valence-electron chi connectivity index (χ4n) is 2.74. The number of phenolic OH excluding ortho intramolecular Hbond substituents is 1. The molecule has 0 unspecified atom stereocenters. The third kappa shape index (κ3) is 2.49. The third-order valence-corrected chi connectivity index (χ3v) is 5.66. The maximum Gasteiger partial charge on any atom is 0.235 e. The van der Waals surface area contributed by atoms with Crippen LogP contribution >= 0.6 is 0 Å². The summed E-state index contributed by atoms with van der Waals surface area (Å²) in [7, 11) is -3.16. The predicted octanol–water partition coefficient (Wildman–Crippen LogP) is 2.91. The SMILES string of the molecule is Cc1cc(N2CCCS2(=O)=O)ccc1-c1ccccc1O. The maximum atomic E-state index is 12.0. The average Bonchev–Trinajstić information content (AvgIpc) is 2.79. The van der Waals surface area contributed by atoms with Crippen molar-refractivity contribution in [1.82, 2.24) is 0 Å². The van der Waals surface area contributed by atoms with E-state index in [4.69, 9.17) is 0 Å². The first-order valence-electron chi connectivity index (χ1n) is 6.88. The van der Waals surface area contributed by atoms with E-state index in [9.17, 15) is 13.5 Å². The molecule has 3 rings (SSSR count). The summed E-state index contributed by atoms with van der Waals surface area (Å²) in [5, 5.41) is 9.95. The van der Waals surface area contributed by atoms with E-state index in [0.717, 1.165) is 16.7 Å². The number of phenols is 1. The van der Waals surface area contributed by atoms with Gasteiger partial charge < -0.3 is 5.11 Å². The second-order valence-electron chi connectivity index (χ2n) is 5.26. The Labute approximate surface area is 124 Å². The lowest BCUT2D eigenvalue weighted by atomic mass is 9.99. The number of sulfonamides is 1. The molecule has 0 aromatic heterocycles. The lowest BCUT2D eigenvalue weighted by Gasteiger charge is -2.18. The molecule has 0 radical (unpaired) electrons. The lowest BCUT2D eigenvalue weighted by molar-refractivity contribution is 0.477. The quantitative estimate of drug-likeness (QED) is 0.928. The van der Waals surface area contributed by atoms with Gasteiger partial charge in [-0.15, -0.1) is 0 Å². The monoisotopic (exact) mass is 303 g/mol. The van der Waals surface area contributed by atoms with Crippen LogP contribution in [0.4, 0.5) is 5.69 Å². The Hall–Kier alpha value is -2.01. The van der Waals surface area contributed by atoms with E-state index in [1.165, 1.54) is 4.31 Å². The first kappa shape index (κ1) is 13.9. The largest absolute Gasteiger partial charge is 0.507 e. The first-order valence-corrected chi connectivity index (χ1v) is 8.49. The zero-order chi connectivity index (χ0) is 15.0. The Morgan fingerprint density at radius 2 is 1.86 bits per heavy atom. The number of para-hydroxylation sites is 1. The minimum Gasteiger partial charge on any atom is -0.507 e. The summed E-state index contributed by atoms with van der Waals surface area (Å²) in [6.07, 6.45) is 0.669. The van der Waals surface area contributed by atoms with Crippen LogP contribution < -0.4 is 4.31 Å². The number of hydrogen-bond acceptors (Lipinski definition) is 3. The molecule has 110 valence electrons. The van der Waals surface area contributed by atoms with Crippen LogP contribution in [-0.4, -0.2) is 25.8 Å². The molecule has 0 saturated carbocycles. The second-order valence-corrected chi connectivity index (χ2v) is 7.27. The maximum absolute atomic E-state index is 12.0. The summed E-state index contributed by atoms with van der Waals surface area (Å²) < 4.78 is 25.4. The van der Waals surface area contributed by atoms with Crippen LogP contribution in [0.5, 0.6) is 5.75 Å². The van der Waals surface area contributed by atoms with Gasteiger partial charge in [0.15, 0.2) is 0 Å². The van der Waals surface area contributed by atoms with Crippen LogP contribution in [0.1, 0.15) is 12.0 Å². The molecule has 2 aromatic carbocycles. The van der Waals surface area contributed by atoms with Crippen molar-refractivity contribution in [2.24, 2.45) is 0 Å². The van der Waals surface area contributed by atoms with Crippen molar-refractivity contribution < 1.29 is 13.5 Å². The molecule has 0 atom stereocenters. The van der Waals surface area contributed by atoms with Crippen molar-refractivity contribution in [2.45, 2.75) is 13.3 Å². The van der Waals surface area contributed by atoms with Crippen molar-refractivity contribution in [3.05, 3.63) is 48.0 Å². The minimum atomic E-state index is -3.16. The number of aryl methyl sites for hydroxylation is 1. The molecule has 1 fully saturated rings. The van der Waals surface area contributed by atoms with Gasteiger partial charge in [-0.05, 0) is 42.7 Å². The highest BCUT2D eigenvalue weighted by Crippen LogP contribution is 2.34. The molecule has 1 N–H and O–H groups in total. The number of rotatable bonds is 2. The van der Waals surface area contributed by atoms with Crippen molar-refractivity contribution >= 4 is 15.7 Å². The topological polar surface area (TPSA) is 57.6 Å². The number of hydrogen-bond donors (Lipinski definition) is 1. The highest BCUT2D eigenvalue weighted by Gasteiger charge is 2.28. The van der Waals surface area contributed by atoms with Crippen LogP contribution in [0.2, 0.25) is 0 Å². The molecule has 4 nitrogen and oxygen atoms in total. The van der Waals surface area contributed by atoms with Crippen LogP contribution in [-0.2, 0) is 10.0 Å². The molecular weight excluding hydrogens is 286 g/mol. The molecular formula is C16H17NO3S. The number of aromatic hydroxyl groups is 1. The summed E-state index contributed by atoms with van der Waals surface area (Å²) >= 11 is 0. The molecule has 1 aliphatic heterocycles. The molecule has 0 amide bonds. The van der Waals surface area contributed by atoms with Crippen LogP contribution in [0.25, 0.3) is 11.1 Å². The van der Waals surface area contributed by atoms with Gasteiger partial charge in [-0.1, -0.05) is 24.3 Å². The van der Waals surface area contributed by atoms with Crippen LogP contribution in [0, 0.1) is 6.92 Å². The van der Waals surface area contributed by atoms with Crippen molar-refractivity contribution in [1.29, 1.82) is 0 Å². The number of anilines is 1. The van der Waals surface area contributed by atoms with Gasteiger partial charge in [-0.25, -0.2) is 8.42 Å². The van der Waals surface area contributed by atoms with E-state index in [1.54, 1.807) is 18.2 Å². The number of nitrogens with zero attached hydrogens (tertiary/aromatic N) is 1. The fourth-order valence-corrected chi connectivity index (χ4v) is 4.29. The molecule has 0 spiro atoms. The molecule has 21 heavy (non-hydrogen) atoms. The van der Waals surface area contributed by atoms with E-state index >= 15 is 0 Å². The van der Waals surface area contributed by atoms with Gasteiger partial charge in [-0.3, -0.25) is 4.31 Å². The standard InChI is InChI=1S/C16H17NO3S/c1-12-11-13(17-9-4-10-21(17,19)20)7-8-14(12)15-5-2-3-6-16(15)18/h2-3,5-8,11,18H,4,9-10H2,1H3. The molecule has 1 heterocycles. The van der Waals surface area contributed by atoms with E-state index in [0.29, 0.717) is 18.7 Å². The van der Waals surface area contributed by atoms with Crippen LogP contribution in [0.3, 0.4) is 0 Å². The van der Waals surface area contributed by atoms with Gasteiger partial charge >= 0.3 is 0 Å². The third-order valence-electron chi connectivity index (χ3n) is 3.79. The zero-order valence-electron chi connectivity index (χ0n) is 11.8. The highest BCUT2D eigenvalue weighted by molar-refractivity contribution is 7.93. The highest BCUT2D eigenvalue weighted by atomic mass is 32.2. The molecule has 1 saturated heterocycles. The van der Waals surface area contributed by atoms with Gasteiger partial charge in [0.1, 0.15) is 5.75 Å². The van der Waals surface area contributed by atoms with E-state index < -0.39 is 10.0 Å². The van der Waals surface area contributed by atoms with E-state index in [2.05, 4.69) is 0 Å². The molecule has 2 aromatic rings. The van der Waals surface area contributed by atoms with Gasteiger partial charge in [0, 0.05) is 12.1 Å². The smallest absolute Gasteiger partial charge is 0.235 e. The Bertz CT molecular complexity index is 784. The Morgan fingerprint density at radius 1 is 1.10 bits per heavy atom. The Balaban J connectivity index is 2.03. The van der Waals surface area contributed by atoms with Gasteiger partial charge in [-0.2, -0.15) is 0 Å². The fraction of sp³-hybridized carbons (Fsp3) is 0.250. The zero-order valence-corrected chi connectivity index (χ0v) is 12.6. The molecule has 1 aliphatic rings. The van der Waals surface area contributed by atoms with Crippen molar-refractivity contribution in [3.8, 4) is 16.9 Å². The molecule has 0 aliphatic carbocycles. The number of benzene rings is 2. The van der Waals surface area contributed by atoms with Gasteiger partial charge in [0.25, 0.3) is 0 Å². The van der Waals surface area contributed by atoms with Crippen molar-refractivity contribution in [2.75, 3.05) is 16.6 Å². The minimum absolute atomic E-state index is 0.216. The first-order chi connectivity index (χ1) is 9.99. The summed E-state index contributed by atoms with van der Waals surface area (Å²) in [5.74, 6) is 0.440. The van der Waals surface area contributed by atoms with E-state index in [1.807, 2.05) is 31.2 Å². The molecule has 5 heteroatoms. The second kappa shape index (κ2) is 5.07. The predicted molar refractivity (Wildman–Crippen MR) is 84.0 cm³/mol. The van der Waals surface area contributed by atoms with Crippen molar-refractivity contribution in [3.63, 3.8) is 0 Å². The average molecular weight is 303 g/mol. The summed E-state index contributed by atoms with van der Waals surface area (Å²) in [6.45, 7) is 2.46. The molecule has 0 bridgehead atoms. The lowest BCUT2D eigenvalue weighted by Crippen LogP contribution is -2.25. The summed E-state index contributed by atoms with van der Waals surface area (Å²) in [6, 6.07) is 12.7. The van der Waals surface area contributed by atoms with Gasteiger partial charge in [0.2, 0.25) is 10.0 Å². The van der Waals surface area contributed by atoms with E-state index in [-0.39, 0.29) is 11.5 Å². The summed E-state index contributed by atoms with van der Waals surface area (Å²) in [4.78, 5) is 0. The summed E-state index contributed by atoms with van der Waals surface area (Å²) in [5.41, 5.74) is 3.31. The Kier molecular flexibility index (Phi) is 3.37. The van der Waals surface area contributed by atoms with Crippen LogP contribution in [0.15, 0.2) is 42.5 Å². The van der Waals surface area contributed by atoms with Gasteiger partial charge in [0.05, 0.1) is 11.4 Å². The Morgan fingerprint density at radius 3 is 2.48 bits per heavy atom.